The highest BCUT2D eigenvalue weighted by Crippen LogP contribution is 2.19. The number of nitrogen functional groups attached to an aromatic ring is 1. The number of hydrogen-bond acceptors (Lipinski definition) is 4. The van der Waals surface area contributed by atoms with E-state index in [0.29, 0.717) is 12.2 Å². The second-order valence-electron chi connectivity index (χ2n) is 4.97. The maximum Gasteiger partial charge on any atom is 0.401 e. The van der Waals surface area contributed by atoms with Crippen LogP contribution in [0, 0.1) is 0 Å². The number of hydrogen-bond donors (Lipinski definition) is 1. The summed E-state index contributed by atoms with van der Waals surface area (Å²) in [5.74, 6) is -0.327. The smallest absolute Gasteiger partial charge is 0.396 e. The molecule has 1 saturated heterocycles. The van der Waals surface area contributed by atoms with Gasteiger partial charge in [0.15, 0.2) is 5.69 Å². The summed E-state index contributed by atoms with van der Waals surface area (Å²) >= 11 is 0. The third-order valence-corrected chi connectivity index (χ3v) is 3.38. The van der Waals surface area contributed by atoms with E-state index in [0.717, 1.165) is 0 Å². The van der Waals surface area contributed by atoms with Crippen LogP contribution in [0.3, 0.4) is 0 Å². The highest BCUT2D eigenvalue weighted by Gasteiger charge is 2.33. The molecule has 0 spiro atoms. The van der Waals surface area contributed by atoms with E-state index < -0.39 is 12.7 Å². The van der Waals surface area contributed by atoms with Crippen molar-refractivity contribution in [3.05, 3.63) is 11.9 Å². The molecule has 1 amide bonds. The molecular formula is C12H18F3N5O. The third kappa shape index (κ3) is 3.87. The van der Waals surface area contributed by atoms with Gasteiger partial charge in [0.1, 0.15) is 0 Å². The third-order valence-electron chi connectivity index (χ3n) is 3.38. The normalized spacial score (nSPS) is 17.2. The Hall–Kier alpha value is -1.77. The summed E-state index contributed by atoms with van der Waals surface area (Å²) in [6.45, 7) is 2.40. The van der Waals surface area contributed by atoms with E-state index in [2.05, 4.69) is 5.10 Å². The lowest BCUT2D eigenvalue weighted by Gasteiger charge is -2.34. The lowest BCUT2D eigenvalue weighted by atomic mass is 10.2. The number of nitrogens with zero attached hydrogens (tertiary/aromatic N) is 4. The van der Waals surface area contributed by atoms with Crippen molar-refractivity contribution in [1.29, 1.82) is 0 Å². The van der Waals surface area contributed by atoms with Crippen molar-refractivity contribution >= 4 is 11.6 Å². The number of alkyl halides is 3. The van der Waals surface area contributed by atoms with Crippen LogP contribution in [0.2, 0.25) is 0 Å². The van der Waals surface area contributed by atoms with Crippen LogP contribution in [0.15, 0.2) is 6.20 Å². The summed E-state index contributed by atoms with van der Waals surface area (Å²) in [5, 5.41) is 4.09. The number of piperazine rings is 1. The molecule has 1 aliphatic heterocycles. The molecule has 0 unspecified atom stereocenters. The van der Waals surface area contributed by atoms with Crippen LogP contribution in [0.25, 0.3) is 0 Å². The summed E-state index contributed by atoms with van der Waals surface area (Å²) in [7, 11) is 0. The van der Waals surface area contributed by atoms with Crippen molar-refractivity contribution < 1.29 is 18.0 Å². The molecule has 0 saturated carbocycles. The number of rotatable bonds is 3. The number of aryl methyl sites for hydroxylation is 1. The van der Waals surface area contributed by atoms with Crippen molar-refractivity contribution in [3.63, 3.8) is 0 Å². The number of anilines is 1. The van der Waals surface area contributed by atoms with E-state index in [1.54, 1.807) is 10.9 Å². The molecule has 1 aliphatic rings. The SMILES string of the molecule is CCn1cc(N)c(C(=O)N2CCN(CC(F)(F)F)CC2)n1. The average molecular weight is 305 g/mol. The van der Waals surface area contributed by atoms with Gasteiger partial charge in [-0.1, -0.05) is 0 Å². The molecule has 118 valence electrons. The van der Waals surface area contributed by atoms with Crippen LogP contribution in [0.5, 0.6) is 0 Å². The highest BCUT2D eigenvalue weighted by atomic mass is 19.4. The zero-order chi connectivity index (χ0) is 15.6. The Labute approximate surface area is 120 Å². The number of carbonyl (C=O) groups is 1. The Kier molecular flexibility index (Phi) is 4.40. The second kappa shape index (κ2) is 5.92. The number of aromatic nitrogens is 2. The molecule has 1 aromatic heterocycles. The van der Waals surface area contributed by atoms with Crippen LogP contribution < -0.4 is 5.73 Å². The van der Waals surface area contributed by atoms with Gasteiger partial charge in [0.2, 0.25) is 0 Å². The Morgan fingerprint density at radius 2 is 1.95 bits per heavy atom. The van der Waals surface area contributed by atoms with E-state index >= 15 is 0 Å². The van der Waals surface area contributed by atoms with Gasteiger partial charge in [-0.25, -0.2) is 0 Å². The fraction of sp³-hybridized carbons (Fsp3) is 0.667. The van der Waals surface area contributed by atoms with Gasteiger partial charge < -0.3 is 10.6 Å². The predicted molar refractivity (Wildman–Crippen MR) is 70.7 cm³/mol. The van der Waals surface area contributed by atoms with Gasteiger partial charge in [-0.05, 0) is 6.92 Å². The zero-order valence-corrected chi connectivity index (χ0v) is 11.7. The average Bonchev–Trinajstić information content (AvgIpc) is 2.78. The van der Waals surface area contributed by atoms with Crippen molar-refractivity contribution in [3.8, 4) is 0 Å². The lowest BCUT2D eigenvalue weighted by molar-refractivity contribution is -0.148. The summed E-state index contributed by atoms with van der Waals surface area (Å²) in [4.78, 5) is 15.1. The van der Waals surface area contributed by atoms with Gasteiger partial charge >= 0.3 is 6.18 Å². The number of nitrogens with two attached hydrogens (primary N) is 1. The number of amides is 1. The quantitative estimate of drug-likeness (QED) is 0.897. The predicted octanol–water partition coefficient (Wildman–Crippen LogP) is 0.805. The van der Waals surface area contributed by atoms with E-state index in [1.807, 2.05) is 6.92 Å². The van der Waals surface area contributed by atoms with Gasteiger partial charge in [0.05, 0.1) is 12.2 Å². The molecule has 0 aliphatic carbocycles. The summed E-state index contributed by atoms with van der Waals surface area (Å²) in [6, 6.07) is 0. The topological polar surface area (TPSA) is 67.4 Å². The monoisotopic (exact) mass is 305 g/mol. The second-order valence-corrected chi connectivity index (χ2v) is 4.97. The van der Waals surface area contributed by atoms with Crippen molar-refractivity contribution in [2.45, 2.75) is 19.6 Å². The van der Waals surface area contributed by atoms with E-state index in [1.165, 1.54) is 9.80 Å². The van der Waals surface area contributed by atoms with Crippen LogP contribution in [-0.2, 0) is 6.54 Å². The fourth-order valence-corrected chi connectivity index (χ4v) is 2.28. The van der Waals surface area contributed by atoms with Gasteiger partial charge in [0, 0.05) is 38.9 Å². The Balaban J connectivity index is 1.95. The Morgan fingerprint density at radius 1 is 1.33 bits per heavy atom. The molecule has 1 fully saturated rings. The summed E-state index contributed by atoms with van der Waals surface area (Å²) < 4.78 is 38.5. The molecule has 6 nitrogen and oxygen atoms in total. The minimum absolute atomic E-state index is 0.168. The largest absolute Gasteiger partial charge is 0.401 e. The minimum Gasteiger partial charge on any atom is -0.396 e. The molecule has 9 heteroatoms. The molecule has 0 bridgehead atoms. The number of halogens is 3. The van der Waals surface area contributed by atoms with Crippen LogP contribution in [0.4, 0.5) is 18.9 Å². The van der Waals surface area contributed by atoms with Crippen molar-refractivity contribution in [1.82, 2.24) is 19.6 Å². The standard InChI is InChI=1S/C12H18F3N5O/c1-2-20-7-9(16)10(17-20)11(21)19-5-3-18(4-6-19)8-12(13,14)15/h7H,2-6,8,16H2,1H3. The van der Waals surface area contributed by atoms with Crippen molar-refractivity contribution in [2.75, 3.05) is 38.5 Å². The summed E-state index contributed by atoms with van der Waals surface area (Å²) in [6.07, 6.45) is -2.64. The number of carbonyl (C=O) groups excluding carboxylic acids is 1. The van der Waals surface area contributed by atoms with Gasteiger partial charge in [-0.15, -0.1) is 0 Å². The zero-order valence-electron chi connectivity index (χ0n) is 11.7. The van der Waals surface area contributed by atoms with E-state index in [-0.39, 0.29) is 37.8 Å². The molecule has 21 heavy (non-hydrogen) atoms. The molecule has 0 aromatic carbocycles. The van der Waals surface area contributed by atoms with Gasteiger partial charge in [0.25, 0.3) is 5.91 Å². The fourth-order valence-electron chi connectivity index (χ4n) is 2.28. The molecule has 0 atom stereocenters. The molecule has 0 radical (unpaired) electrons. The van der Waals surface area contributed by atoms with Crippen LogP contribution in [-0.4, -0.2) is 64.4 Å². The Morgan fingerprint density at radius 3 is 2.43 bits per heavy atom. The minimum atomic E-state index is -4.21. The first-order chi connectivity index (χ1) is 9.80. The maximum atomic E-state index is 12.3. The molecular weight excluding hydrogens is 287 g/mol. The lowest BCUT2D eigenvalue weighted by Crippen LogP contribution is -2.51. The Bertz CT molecular complexity index is 505. The molecule has 2 N–H and O–H groups in total. The van der Waals surface area contributed by atoms with Crippen LogP contribution >= 0.6 is 0 Å². The summed E-state index contributed by atoms with van der Waals surface area (Å²) in [5.41, 5.74) is 6.20. The van der Waals surface area contributed by atoms with E-state index in [9.17, 15) is 18.0 Å². The molecule has 1 aromatic rings. The first kappa shape index (κ1) is 15.6. The first-order valence-electron chi connectivity index (χ1n) is 6.71. The van der Waals surface area contributed by atoms with Gasteiger partial charge in [-0.2, -0.15) is 18.3 Å². The first-order valence-corrected chi connectivity index (χ1v) is 6.71. The van der Waals surface area contributed by atoms with Crippen molar-refractivity contribution in [2.24, 2.45) is 0 Å². The van der Waals surface area contributed by atoms with E-state index in [4.69, 9.17) is 5.73 Å². The molecule has 2 rings (SSSR count). The highest BCUT2D eigenvalue weighted by molar-refractivity contribution is 5.97. The van der Waals surface area contributed by atoms with Crippen LogP contribution in [0.1, 0.15) is 17.4 Å². The van der Waals surface area contributed by atoms with Gasteiger partial charge in [-0.3, -0.25) is 14.4 Å². The maximum absolute atomic E-state index is 12.3. The molecule has 2 heterocycles.